The molecule has 0 aromatic heterocycles. The van der Waals surface area contributed by atoms with E-state index in [0.29, 0.717) is 11.8 Å². The number of carbonyl (C=O) groups excluding carboxylic acids is 1. The number of ether oxygens (including phenoxy) is 1. The molecule has 3 fully saturated rings. The molecular weight excluding hydrogens is 394 g/mol. The molecule has 0 N–H and O–H groups in total. The first kappa shape index (κ1) is 21.5. The highest BCUT2D eigenvalue weighted by molar-refractivity contribution is 5.75. The Morgan fingerprint density at radius 1 is 1.03 bits per heavy atom. The largest absolute Gasteiger partial charge is 0.462 e. The van der Waals surface area contributed by atoms with Crippen molar-refractivity contribution < 1.29 is 9.53 Å². The third-order valence-electron chi connectivity index (χ3n) is 8.27. The zero-order valence-electron chi connectivity index (χ0n) is 19.2. The van der Waals surface area contributed by atoms with Crippen molar-refractivity contribution in [3.8, 4) is 0 Å². The predicted molar refractivity (Wildman–Crippen MR) is 128 cm³/mol. The standard InChI is InChI=1S/C29H35NO2/c1-21-10-9-15-29(2)17-27-24(16-26(21)29)25(28(31)32-27)20-30(18-22-11-5-3-6-12-22)19-23-13-7-4-8-14-23/h3-8,11-14,24-27H,1,9-10,15-20H2,2H3/t24-,25-,26-,27-,29-/m1/s1. The first-order valence-electron chi connectivity index (χ1n) is 12.2. The molecule has 168 valence electrons. The summed E-state index contributed by atoms with van der Waals surface area (Å²) in [6.07, 6.45) is 5.74. The molecule has 0 amide bonds. The van der Waals surface area contributed by atoms with Crippen molar-refractivity contribution >= 4 is 5.97 Å². The minimum Gasteiger partial charge on any atom is -0.462 e. The quantitative estimate of drug-likeness (QED) is 0.416. The molecule has 3 aliphatic rings. The molecule has 5 atom stereocenters. The van der Waals surface area contributed by atoms with Gasteiger partial charge in [0.05, 0.1) is 5.92 Å². The van der Waals surface area contributed by atoms with Crippen molar-refractivity contribution in [2.45, 2.75) is 58.2 Å². The van der Waals surface area contributed by atoms with Crippen LogP contribution in [0.3, 0.4) is 0 Å². The van der Waals surface area contributed by atoms with Crippen LogP contribution in [0.2, 0.25) is 0 Å². The normalized spacial score (nSPS) is 31.8. The summed E-state index contributed by atoms with van der Waals surface area (Å²) in [6.45, 7) is 9.26. The molecule has 2 aromatic carbocycles. The van der Waals surface area contributed by atoms with Crippen LogP contribution in [-0.2, 0) is 22.6 Å². The van der Waals surface area contributed by atoms with Gasteiger partial charge >= 0.3 is 5.97 Å². The van der Waals surface area contributed by atoms with Crippen LogP contribution in [0.1, 0.15) is 50.2 Å². The molecule has 1 heterocycles. The second kappa shape index (κ2) is 8.86. The molecule has 1 aliphatic heterocycles. The summed E-state index contributed by atoms with van der Waals surface area (Å²) in [5.41, 5.74) is 4.21. The van der Waals surface area contributed by atoms with Crippen molar-refractivity contribution in [3.63, 3.8) is 0 Å². The second-order valence-electron chi connectivity index (χ2n) is 10.5. The molecule has 0 unspecified atom stereocenters. The number of fused-ring (bicyclic) bond motifs is 2. The molecule has 0 radical (unpaired) electrons. The predicted octanol–water partition coefficient (Wildman–Crippen LogP) is 6.00. The van der Waals surface area contributed by atoms with Crippen LogP contribution >= 0.6 is 0 Å². The Kier molecular flexibility index (Phi) is 5.94. The maximum Gasteiger partial charge on any atom is 0.310 e. The van der Waals surface area contributed by atoms with Crippen molar-refractivity contribution in [2.24, 2.45) is 23.2 Å². The highest BCUT2D eigenvalue weighted by atomic mass is 16.6. The van der Waals surface area contributed by atoms with Gasteiger partial charge in [-0.25, -0.2) is 0 Å². The summed E-state index contributed by atoms with van der Waals surface area (Å²) in [5, 5.41) is 0. The van der Waals surface area contributed by atoms with Crippen molar-refractivity contribution in [1.29, 1.82) is 0 Å². The van der Waals surface area contributed by atoms with Gasteiger partial charge < -0.3 is 4.74 Å². The van der Waals surface area contributed by atoms with E-state index >= 15 is 0 Å². The maximum atomic E-state index is 13.1. The fourth-order valence-electron chi connectivity index (χ4n) is 6.61. The molecule has 2 saturated carbocycles. The summed E-state index contributed by atoms with van der Waals surface area (Å²) in [6, 6.07) is 21.2. The summed E-state index contributed by atoms with van der Waals surface area (Å²) >= 11 is 0. The third-order valence-corrected chi connectivity index (χ3v) is 8.27. The molecule has 3 heteroatoms. The van der Waals surface area contributed by atoms with Gasteiger partial charge in [-0.1, -0.05) is 79.7 Å². The van der Waals surface area contributed by atoms with Crippen LogP contribution in [0.25, 0.3) is 0 Å². The molecule has 3 nitrogen and oxygen atoms in total. The summed E-state index contributed by atoms with van der Waals surface area (Å²) in [4.78, 5) is 15.5. The van der Waals surface area contributed by atoms with E-state index in [1.54, 1.807) is 0 Å². The number of allylic oxidation sites excluding steroid dienone is 1. The lowest BCUT2D eigenvalue weighted by atomic mass is 9.55. The first-order valence-corrected chi connectivity index (χ1v) is 12.2. The Morgan fingerprint density at radius 3 is 2.28 bits per heavy atom. The van der Waals surface area contributed by atoms with Gasteiger partial charge in [0.15, 0.2) is 0 Å². The summed E-state index contributed by atoms with van der Waals surface area (Å²) < 4.78 is 6.03. The van der Waals surface area contributed by atoms with Gasteiger partial charge in [-0.2, -0.15) is 0 Å². The number of rotatable bonds is 6. The molecular formula is C29H35NO2. The topological polar surface area (TPSA) is 29.5 Å². The zero-order valence-corrected chi connectivity index (χ0v) is 19.2. The Morgan fingerprint density at radius 2 is 1.66 bits per heavy atom. The Bertz CT molecular complexity index is 914. The Hall–Kier alpha value is -2.39. The SMILES string of the molecule is C=C1CCC[C@]2(C)C[C@H]3OC(=O)[C@H](CN(Cc4ccccc4)Cc4ccccc4)[C@H]3C[C@H]12. The monoisotopic (exact) mass is 429 g/mol. The molecule has 32 heavy (non-hydrogen) atoms. The Balaban J connectivity index is 1.36. The third kappa shape index (κ3) is 4.28. The number of nitrogens with zero attached hydrogens (tertiary/aromatic N) is 1. The lowest BCUT2D eigenvalue weighted by molar-refractivity contribution is -0.146. The number of benzene rings is 2. The van der Waals surface area contributed by atoms with E-state index in [0.717, 1.165) is 38.9 Å². The van der Waals surface area contributed by atoms with E-state index in [-0.39, 0.29) is 23.4 Å². The average Bonchev–Trinajstić information content (AvgIpc) is 3.07. The number of hydrogen-bond acceptors (Lipinski definition) is 3. The van der Waals surface area contributed by atoms with E-state index in [2.05, 4.69) is 79.1 Å². The maximum absolute atomic E-state index is 13.1. The number of esters is 1. The highest BCUT2D eigenvalue weighted by Crippen LogP contribution is 2.57. The molecule has 0 bridgehead atoms. The minimum absolute atomic E-state index is 0.0129. The van der Waals surface area contributed by atoms with Gasteiger partial charge in [-0.3, -0.25) is 9.69 Å². The van der Waals surface area contributed by atoms with Gasteiger partial charge in [0.1, 0.15) is 6.10 Å². The van der Waals surface area contributed by atoms with Crippen molar-refractivity contribution in [3.05, 3.63) is 83.9 Å². The fourth-order valence-corrected chi connectivity index (χ4v) is 6.61. The highest BCUT2D eigenvalue weighted by Gasteiger charge is 2.55. The van der Waals surface area contributed by atoms with E-state index in [4.69, 9.17) is 4.74 Å². The van der Waals surface area contributed by atoms with Crippen LogP contribution in [0, 0.1) is 23.2 Å². The van der Waals surface area contributed by atoms with Gasteiger partial charge in [0.2, 0.25) is 0 Å². The van der Waals surface area contributed by atoms with Crippen molar-refractivity contribution in [2.75, 3.05) is 6.54 Å². The zero-order chi connectivity index (χ0) is 22.1. The van der Waals surface area contributed by atoms with Crippen LogP contribution in [0.5, 0.6) is 0 Å². The smallest absolute Gasteiger partial charge is 0.310 e. The first-order chi connectivity index (χ1) is 15.5. The van der Waals surface area contributed by atoms with E-state index < -0.39 is 0 Å². The molecule has 1 saturated heterocycles. The van der Waals surface area contributed by atoms with Crippen molar-refractivity contribution in [1.82, 2.24) is 4.90 Å². The van der Waals surface area contributed by atoms with E-state index in [1.807, 2.05) is 0 Å². The van der Waals surface area contributed by atoms with Crippen LogP contribution in [0.4, 0.5) is 0 Å². The molecule has 2 aromatic rings. The average molecular weight is 430 g/mol. The van der Waals surface area contributed by atoms with E-state index in [9.17, 15) is 4.79 Å². The fraction of sp³-hybridized carbons (Fsp3) is 0.483. The lowest BCUT2D eigenvalue weighted by Crippen LogP contribution is -2.45. The molecule has 5 rings (SSSR count). The number of hydrogen-bond donors (Lipinski definition) is 0. The van der Waals surface area contributed by atoms with Gasteiger partial charge in [0.25, 0.3) is 0 Å². The van der Waals surface area contributed by atoms with Gasteiger partial charge in [-0.05, 0) is 54.6 Å². The van der Waals surface area contributed by atoms with Gasteiger partial charge in [0, 0.05) is 25.6 Å². The van der Waals surface area contributed by atoms with E-state index in [1.165, 1.54) is 29.5 Å². The lowest BCUT2D eigenvalue weighted by Gasteiger charge is -2.50. The summed E-state index contributed by atoms with van der Waals surface area (Å²) in [7, 11) is 0. The summed E-state index contributed by atoms with van der Waals surface area (Å²) in [5.74, 6) is 0.807. The Labute approximate surface area is 192 Å². The molecule has 2 aliphatic carbocycles. The molecule has 0 spiro atoms. The second-order valence-corrected chi connectivity index (χ2v) is 10.5. The van der Waals surface area contributed by atoms with Crippen LogP contribution in [-0.4, -0.2) is 23.5 Å². The minimum atomic E-state index is -0.0494. The number of carbonyl (C=O) groups is 1. The van der Waals surface area contributed by atoms with Gasteiger partial charge in [-0.15, -0.1) is 0 Å². The van der Waals surface area contributed by atoms with Crippen LogP contribution < -0.4 is 0 Å². The van der Waals surface area contributed by atoms with Crippen LogP contribution in [0.15, 0.2) is 72.8 Å².